The molecule has 5 heteroatoms. The van der Waals surface area contributed by atoms with Crippen molar-refractivity contribution in [3.05, 3.63) is 65.9 Å². The number of rotatable bonds is 3. The molecule has 3 aromatic rings. The first-order valence-electron chi connectivity index (χ1n) is 7.43. The summed E-state index contributed by atoms with van der Waals surface area (Å²) in [6, 6.07) is 16.1. The Morgan fingerprint density at radius 3 is 2.96 bits per heavy atom. The highest BCUT2D eigenvalue weighted by atomic mass is 16.5. The average Bonchev–Trinajstić information content (AvgIpc) is 3.11. The minimum absolute atomic E-state index is 0.661. The smallest absolute Gasteiger partial charge is 0.249 e. The molecule has 2 aromatic carbocycles. The van der Waals surface area contributed by atoms with Crippen molar-refractivity contribution in [2.45, 2.75) is 6.54 Å². The molecule has 1 N–H and O–H groups in total. The zero-order valence-corrected chi connectivity index (χ0v) is 12.7. The molecule has 0 unspecified atom stereocenters. The molecular weight excluding hydrogens is 288 g/mol. The Hall–Kier alpha value is -3.08. The van der Waals surface area contributed by atoms with Gasteiger partial charge in [0.05, 0.1) is 13.7 Å². The summed E-state index contributed by atoms with van der Waals surface area (Å²) < 4.78 is 5.25. The number of fused-ring (bicyclic) bond motifs is 1. The van der Waals surface area contributed by atoms with Crippen molar-refractivity contribution in [1.29, 1.82) is 0 Å². The lowest BCUT2D eigenvalue weighted by molar-refractivity contribution is 0.415. The molecule has 1 aromatic heterocycles. The van der Waals surface area contributed by atoms with Crippen LogP contribution in [0.2, 0.25) is 0 Å². The number of hydrogen-bond acceptors (Lipinski definition) is 4. The van der Waals surface area contributed by atoms with Gasteiger partial charge in [-0.25, -0.2) is 0 Å². The first-order chi connectivity index (χ1) is 11.3. The van der Waals surface area contributed by atoms with E-state index in [4.69, 9.17) is 4.74 Å². The lowest BCUT2D eigenvalue weighted by Gasteiger charge is -2.21. The molecule has 5 nitrogen and oxygen atoms in total. The molecule has 1 aliphatic heterocycles. The van der Waals surface area contributed by atoms with E-state index < -0.39 is 0 Å². The van der Waals surface area contributed by atoms with E-state index in [1.54, 1.807) is 7.11 Å². The number of nitrogens with one attached hydrogen (secondary N) is 1. The van der Waals surface area contributed by atoms with E-state index >= 15 is 0 Å². The second kappa shape index (κ2) is 5.61. The van der Waals surface area contributed by atoms with Crippen molar-refractivity contribution in [2.75, 3.05) is 12.0 Å². The van der Waals surface area contributed by atoms with Crippen LogP contribution in [0.25, 0.3) is 17.5 Å². The number of benzene rings is 2. The highest BCUT2D eigenvalue weighted by Crippen LogP contribution is 2.25. The third-order valence-electron chi connectivity index (χ3n) is 3.90. The van der Waals surface area contributed by atoms with Crippen LogP contribution >= 0.6 is 0 Å². The van der Waals surface area contributed by atoms with Crippen LogP contribution in [0.3, 0.4) is 0 Å². The van der Waals surface area contributed by atoms with Gasteiger partial charge in [-0.2, -0.15) is 4.98 Å². The summed E-state index contributed by atoms with van der Waals surface area (Å²) in [5, 5.41) is 7.34. The van der Waals surface area contributed by atoms with Crippen LogP contribution in [-0.4, -0.2) is 22.3 Å². The minimum atomic E-state index is 0.661. The molecule has 0 aliphatic carbocycles. The number of hydrogen-bond donors (Lipinski definition) is 1. The second-order valence-electron chi connectivity index (χ2n) is 5.36. The Kier molecular flexibility index (Phi) is 3.31. The number of methoxy groups -OCH3 is 1. The second-order valence-corrected chi connectivity index (χ2v) is 5.36. The van der Waals surface area contributed by atoms with Crippen LogP contribution in [0.15, 0.2) is 54.7 Å². The van der Waals surface area contributed by atoms with E-state index in [-0.39, 0.29) is 0 Å². The Balaban J connectivity index is 1.62. The SMILES string of the molecule is COc1cccc(-c2nc(N3C=Cc4ccccc4C3)n[nH]2)c1. The summed E-state index contributed by atoms with van der Waals surface area (Å²) in [4.78, 5) is 6.64. The highest BCUT2D eigenvalue weighted by molar-refractivity contribution is 5.63. The summed E-state index contributed by atoms with van der Waals surface area (Å²) in [6.45, 7) is 0.766. The van der Waals surface area contributed by atoms with Gasteiger partial charge in [0, 0.05) is 11.8 Å². The van der Waals surface area contributed by atoms with Crippen LogP contribution < -0.4 is 9.64 Å². The highest BCUT2D eigenvalue weighted by Gasteiger charge is 2.16. The summed E-state index contributed by atoms with van der Waals surface area (Å²) >= 11 is 0. The van der Waals surface area contributed by atoms with Gasteiger partial charge >= 0.3 is 0 Å². The van der Waals surface area contributed by atoms with Gasteiger partial charge in [-0.3, -0.25) is 5.10 Å². The van der Waals surface area contributed by atoms with E-state index in [1.807, 2.05) is 41.4 Å². The number of H-pyrrole nitrogens is 1. The summed E-state index contributed by atoms with van der Waals surface area (Å²) in [7, 11) is 1.65. The topological polar surface area (TPSA) is 54.0 Å². The molecule has 0 amide bonds. The van der Waals surface area contributed by atoms with Gasteiger partial charge in [0.15, 0.2) is 5.82 Å². The number of nitrogens with zero attached hydrogens (tertiary/aromatic N) is 3. The van der Waals surface area contributed by atoms with E-state index in [9.17, 15) is 0 Å². The molecule has 114 valence electrons. The maximum atomic E-state index is 5.25. The van der Waals surface area contributed by atoms with Crippen molar-refractivity contribution in [2.24, 2.45) is 0 Å². The molecule has 0 bridgehead atoms. The van der Waals surface area contributed by atoms with Crippen molar-refractivity contribution in [3.8, 4) is 17.1 Å². The van der Waals surface area contributed by atoms with Crippen molar-refractivity contribution in [3.63, 3.8) is 0 Å². The quantitative estimate of drug-likeness (QED) is 0.805. The summed E-state index contributed by atoms with van der Waals surface area (Å²) in [5.41, 5.74) is 3.46. The third kappa shape index (κ3) is 2.57. The maximum Gasteiger partial charge on any atom is 0.249 e. The number of anilines is 1. The number of aromatic amines is 1. The van der Waals surface area contributed by atoms with Crippen LogP contribution in [-0.2, 0) is 6.54 Å². The molecule has 0 radical (unpaired) electrons. The summed E-state index contributed by atoms with van der Waals surface area (Å²) in [5.74, 6) is 2.19. The molecule has 0 spiro atoms. The first-order valence-corrected chi connectivity index (χ1v) is 7.43. The molecule has 0 fully saturated rings. The number of aromatic nitrogens is 3. The van der Waals surface area contributed by atoms with Crippen LogP contribution in [0.5, 0.6) is 5.75 Å². The van der Waals surface area contributed by atoms with E-state index in [2.05, 4.69) is 39.5 Å². The normalized spacial score (nSPS) is 13.0. The van der Waals surface area contributed by atoms with Gasteiger partial charge in [-0.05, 0) is 29.3 Å². The Morgan fingerprint density at radius 2 is 2.04 bits per heavy atom. The lowest BCUT2D eigenvalue weighted by Crippen LogP contribution is -2.20. The monoisotopic (exact) mass is 304 g/mol. The van der Waals surface area contributed by atoms with Crippen LogP contribution in [0.4, 0.5) is 5.95 Å². The summed E-state index contributed by atoms with van der Waals surface area (Å²) in [6.07, 6.45) is 4.10. The fourth-order valence-corrected chi connectivity index (χ4v) is 2.67. The molecule has 0 atom stereocenters. The van der Waals surface area contributed by atoms with Crippen molar-refractivity contribution >= 4 is 12.0 Å². The third-order valence-corrected chi connectivity index (χ3v) is 3.90. The average molecular weight is 304 g/mol. The fraction of sp³-hybridized carbons (Fsp3) is 0.111. The standard InChI is InChI=1S/C18H16N4O/c1-23-16-8-4-7-14(11-16)17-19-18(21-20-17)22-10-9-13-5-2-3-6-15(13)12-22/h2-11H,12H2,1H3,(H,19,20,21). The fourth-order valence-electron chi connectivity index (χ4n) is 2.67. The maximum absolute atomic E-state index is 5.25. The molecule has 0 saturated carbocycles. The Morgan fingerprint density at radius 1 is 1.13 bits per heavy atom. The molecule has 23 heavy (non-hydrogen) atoms. The van der Waals surface area contributed by atoms with Crippen molar-refractivity contribution < 1.29 is 4.74 Å². The van der Waals surface area contributed by atoms with Gasteiger partial charge in [0.2, 0.25) is 5.95 Å². The zero-order chi connectivity index (χ0) is 15.6. The van der Waals surface area contributed by atoms with Crippen LogP contribution in [0.1, 0.15) is 11.1 Å². The first kappa shape index (κ1) is 13.6. The van der Waals surface area contributed by atoms with Crippen molar-refractivity contribution in [1.82, 2.24) is 15.2 Å². The van der Waals surface area contributed by atoms with Gasteiger partial charge < -0.3 is 9.64 Å². The van der Waals surface area contributed by atoms with E-state index in [1.165, 1.54) is 11.1 Å². The zero-order valence-electron chi connectivity index (χ0n) is 12.7. The molecule has 1 aliphatic rings. The molecule has 4 rings (SSSR count). The number of ether oxygens (including phenoxy) is 1. The van der Waals surface area contributed by atoms with E-state index in [0.717, 1.165) is 23.7 Å². The Bertz CT molecular complexity index is 869. The lowest BCUT2D eigenvalue weighted by atomic mass is 10.0. The largest absolute Gasteiger partial charge is 0.497 e. The predicted molar refractivity (Wildman–Crippen MR) is 90.0 cm³/mol. The molecule has 0 saturated heterocycles. The van der Waals surface area contributed by atoms with Gasteiger partial charge in [0.1, 0.15) is 5.75 Å². The Labute approximate surface area is 134 Å². The van der Waals surface area contributed by atoms with E-state index in [0.29, 0.717) is 5.95 Å². The minimum Gasteiger partial charge on any atom is -0.497 e. The van der Waals surface area contributed by atoms with Crippen LogP contribution in [0, 0.1) is 0 Å². The van der Waals surface area contributed by atoms with Gasteiger partial charge in [-0.1, -0.05) is 36.4 Å². The molecular formula is C18H16N4O. The predicted octanol–water partition coefficient (Wildman–Crippen LogP) is 3.47. The van der Waals surface area contributed by atoms with Gasteiger partial charge in [0.25, 0.3) is 0 Å². The van der Waals surface area contributed by atoms with Gasteiger partial charge in [-0.15, -0.1) is 5.10 Å². The molecule has 2 heterocycles.